The van der Waals surface area contributed by atoms with Gasteiger partial charge in [-0.15, -0.1) is 0 Å². The summed E-state index contributed by atoms with van der Waals surface area (Å²) in [5, 5.41) is 5.48. The summed E-state index contributed by atoms with van der Waals surface area (Å²) in [6.45, 7) is 4.75. The summed E-state index contributed by atoms with van der Waals surface area (Å²) >= 11 is 6.08. The number of fused-ring (bicyclic) bond motifs is 1. The predicted octanol–water partition coefficient (Wildman–Crippen LogP) is 5.17. The van der Waals surface area contributed by atoms with Crippen molar-refractivity contribution in [2.75, 3.05) is 32.7 Å². The van der Waals surface area contributed by atoms with Crippen molar-refractivity contribution >= 4 is 29.3 Å². The van der Waals surface area contributed by atoms with Crippen molar-refractivity contribution in [2.45, 2.75) is 83.2 Å². The Balaban J connectivity index is 1.35. The minimum Gasteiger partial charge on any atom is -0.341 e. The number of hydrogen-bond donors (Lipinski definition) is 0. The number of carbonyl (C=O) groups excluding carboxylic acids is 3. The van der Waals surface area contributed by atoms with E-state index in [-0.39, 0.29) is 30.3 Å². The highest BCUT2D eigenvalue weighted by molar-refractivity contribution is 6.30. The zero-order valence-corrected chi connectivity index (χ0v) is 23.7. The molecule has 8 nitrogen and oxygen atoms in total. The first-order valence-corrected chi connectivity index (χ1v) is 15.1. The van der Waals surface area contributed by atoms with E-state index in [0.29, 0.717) is 30.2 Å². The average molecular weight is 554 g/mol. The molecule has 2 saturated heterocycles. The molecule has 3 amide bonds. The Bertz CT molecular complexity index is 1170. The highest BCUT2D eigenvalue weighted by Gasteiger charge is 2.38. The van der Waals surface area contributed by atoms with Gasteiger partial charge in [0.05, 0.1) is 11.7 Å². The van der Waals surface area contributed by atoms with Crippen LogP contribution in [0.3, 0.4) is 0 Å². The first kappa shape index (κ1) is 27.7. The van der Waals surface area contributed by atoms with E-state index in [0.717, 1.165) is 82.1 Å². The van der Waals surface area contributed by atoms with Gasteiger partial charge in [-0.25, -0.2) is 0 Å². The number of hydrogen-bond acceptors (Lipinski definition) is 4. The molecule has 39 heavy (non-hydrogen) atoms. The molecule has 2 fully saturated rings. The first-order valence-electron chi connectivity index (χ1n) is 14.7. The van der Waals surface area contributed by atoms with Crippen LogP contribution in [-0.4, -0.2) is 81.0 Å². The van der Waals surface area contributed by atoms with E-state index in [1.165, 1.54) is 0 Å². The zero-order chi connectivity index (χ0) is 27.4. The van der Waals surface area contributed by atoms with Gasteiger partial charge in [-0.05, 0) is 63.1 Å². The topological polar surface area (TPSA) is 78.8 Å². The third-order valence-electron chi connectivity index (χ3n) is 8.40. The fourth-order valence-corrected chi connectivity index (χ4v) is 6.34. The van der Waals surface area contributed by atoms with Gasteiger partial charge >= 0.3 is 0 Å². The smallest absolute Gasteiger partial charge is 0.272 e. The van der Waals surface area contributed by atoms with Crippen molar-refractivity contribution in [1.29, 1.82) is 0 Å². The Morgan fingerprint density at radius 2 is 1.74 bits per heavy atom. The van der Waals surface area contributed by atoms with E-state index >= 15 is 0 Å². The van der Waals surface area contributed by atoms with Gasteiger partial charge in [-0.1, -0.05) is 49.9 Å². The van der Waals surface area contributed by atoms with Crippen LogP contribution in [0.5, 0.6) is 0 Å². The summed E-state index contributed by atoms with van der Waals surface area (Å²) in [6.07, 6.45) is 9.89. The van der Waals surface area contributed by atoms with Gasteiger partial charge in [-0.2, -0.15) is 5.10 Å². The maximum atomic E-state index is 13.7. The third-order valence-corrected chi connectivity index (χ3v) is 8.65. The molecule has 0 N–H and O–H groups in total. The van der Waals surface area contributed by atoms with Gasteiger partial charge in [0.2, 0.25) is 11.8 Å². The lowest BCUT2D eigenvalue weighted by Gasteiger charge is -2.40. The molecular weight excluding hydrogens is 514 g/mol. The van der Waals surface area contributed by atoms with E-state index in [4.69, 9.17) is 16.7 Å². The van der Waals surface area contributed by atoms with Gasteiger partial charge in [0.1, 0.15) is 18.3 Å². The van der Waals surface area contributed by atoms with Gasteiger partial charge in [0.25, 0.3) is 5.91 Å². The molecule has 0 radical (unpaired) electrons. The zero-order valence-electron chi connectivity index (χ0n) is 23.0. The second-order valence-electron chi connectivity index (χ2n) is 11.2. The number of amides is 3. The normalized spacial score (nSPS) is 21.7. The number of rotatable bonds is 8. The van der Waals surface area contributed by atoms with Crippen LogP contribution in [0.25, 0.3) is 11.3 Å². The van der Waals surface area contributed by atoms with E-state index in [1.54, 1.807) is 9.80 Å². The Kier molecular flexibility index (Phi) is 8.90. The number of aromatic nitrogens is 2. The maximum absolute atomic E-state index is 13.7. The molecule has 0 bridgehead atoms. The van der Waals surface area contributed by atoms with Crippen LogP contribution in [0, 0.1) is 0 Å². The molecule has 2 atom stereocenters. The molecule has 2 unspecified atom stereocenters. The van der Waals surface area contributed by atoms with Gasteiger partial charge in [-0.3, -0.25) is 19.1 Å². The fraction of sp³-hybridized carbons (Fsp3) is 0.600. The highest BCUT2D eigenvalue weighted by atomic mass is 35.5. The predicted molar refractivity (Wildman–Crippen MR) is 152 cm³/mol. The molecule has 3 aliphatic rings. The molecule has 4 heterocycles. The van der Waals surface area contributed by atoms with Crippen molar-refractivity contribution in [1.82, 2.24) is 24.5 Å². The second kappa shape index (κ2) is 12.5. The van der Waals surface area contributed by atoms with Crippen molar-refractivity contribution < 1.29 is 14.4 Å². The molecule has 1 aromatic carbocycles. The van der Waals surface area contributed by atoms with Crippen molar-refractivity contribution in [3.63, 3.8) is 0 Å². The van der Waals surface area contributed by atoms with Crippen LogP contribution >= 0.6 is 11.6 Å². The fourth-order valence-electron chi connectivity index (χ4n) is 6.22. The molecule has 0 saturated carbocycles. The number of likely N-dealkylation sites (tertiary alicyclic amines) is 2. The average Bonchev–Trinajstić information content (AvgIpc) is 3.42. The summed E-state index contributed by atoms with van der Waals surface area (Å²) in [5.41, 5.74) is 2.14. The Morgan fingerprint density at radius 3 is 2.49 bits per heavy atom. The number of nitrogens with zero attached hydrogens (tertiary/aromatic N) is 5. The largest absolute Gasteiger partial charge is 0.341 e. The molecule has 1 aromatic heterocycles. The quantitative estimate of drug-likeness (QED) is 0.422. The SMILES string of the molecule is CCCCCC1CN(CC(=O)N2CCCCC2C(=O)N2CCCCC2)C(=O)c2cc(-c3ccc(Cl)cc3)nn21. The Labute approximate surface area is 236 Å². The lowest BCUT2D eigenvalue weighted by Crippen LogP contribution is -2.56. The maximum Gasteiger partial charge on any atom is 0.272 e. The number of halogens is 1. The van der Waals surface area contributed by atoms with Crippen LogP contribution in [0.1, 0.15) is 87.7 Å². The Hall–Kier alpha value is -2.87. The number of piperidine rings is 2. The van der Waals surface area contributed by atoms with Crippen LogP contribution in [0.4, 0.5) is 0 Å². The number of benzene rings is 1. The highest BCUT2D eigenvalue weighted by Crippen LogP contribution is 2.30. The first-order chi connectivity index (χ1) is 19.0. The molecule has 2 aromatic rings. The number of unbranched alkanes of at least 4 members (excludes halogenated alkanes) is 2. The summed E-state index contributed by atoms with van der Waals surface area (Å²) in [7, 11) is 0. The van der Waals surface area contributed by atoms with E-state index in [2.05, 4.69) is 6.92 Å². The van der Waals surface area contributed by atoms with Gasteiger partial charge < -0.3 is 14.7 Å². The van der Waals surface area contributed by atoms with Crippen molar-refractivity contribution in [3.8, 4) is 11.3 Å². The van der Waals surface area contributed by atoms with Gasteiger partial charge in [0, 0.05) is 36.8 Å². The third kappa shape index (κ3) is 6.16. The summed E-state index contributed by atoms with van der Waals surface area (Å²) in [6, 6.07) is 8.88. The number of carbonyl (C=O) groups is 3. The van der Waals surface area contributed by atoms with Crippen LogP contribution in [0.2, 0.25) is 5.02 Å². The van der Waals surface area contributed by atoms with E-state index < -0.39 is 6.04 Å². The van der Waals surface area contributed by atoms with Crippen LogP contribution in [-0.2, 0) is 9.59 Å². The molecule has 0 aliphatic carbocycles. The van der Waals surface area contributed by atoms with E-state index in [1.807, 2.05) is 39.9 Å². The lowest BCUT2D eigenvalue weighted by atomic mass is 9.99. The van der Waals surface area contributed by atoms with E-state index in [9.17, 15) is 14.4 Å². The molecule has 9 heteroatoms. The standard InChI is InChI=1S/C30H40ClN5O3/c1-2-3-5-10-24-20-34(30(39)27-19-25(32-36(24)27)22-12-14-23(31)15-13-22)21-28(37)35-18-9-6-11-26(35)29(38)33-16-7-4-8-17-33/h12-15,19,24,26H,2-11,16-18,20-21H2,1H3. The Morgan fingerprint density at radius 1 is 1.00 bits per heavy atom. The molecule has 3 aliphatic heterocycles. The summed E-state index contributed by atoms with van der Waals surface area (Å²) in [4.78, 5) is 46.1. The van der Waals surface area contributed by atoms with Gasteiger partial charge in [0.15, 0.2) is 0 Å². The molecular formula is C30H40ClN5O3. The van der Waals surface area contributed by atoms with Crippen LogP contribution in [0.15, 0.2) is 30.3 Å². The molecule has 5 rings (SSSR count). The lowest BCUT2D eigenvalue weighted by molar-refractivity contribution is -0.148. The summed E-state index contributed by atoms with van der Waals surface area (Å²) in [5.74, 6) is -0.230. The minimum atomic E-state index is -0.411. The minimum absolute atomic E-state index is 0.00485. The van der Waals surface area contributed by atoms with Crippen LogP contribution < -0.4 is 0 Å². The van der Waals surface area contributed by atoms with Crippen molar-refractivity contribution in [3.05, 3.63) is 41.0 Å². The second-order valence-corrected chi connectivity index (χ2v) is 11.6. The molecule has 210 valence electrons. The van der Waals surface area contributed by atoms with Crippen molar-refractivity contribution in [2.24, 2.45) is 0 Å². The molecule has 0 spiro atoms. The summed E-state index contributed by atoms with van der Waals surface area (Å²) < 4.78 is 1.87. The monoisotopic (exact) mass is 553 g/mol.